The van der Waals surface area contributed by atoms with Crippen LogP contribution in [0.4, 0.5) is 8.78 Å². The number of carbonyl (C=O) groups is 1. The van der Waals surface area contributed by atoms with Gasteiger partial charge >= 0.3 is 0 Å². The lowest BCUT2D eigenvalue weighted by molar-refractivity contribution is -0.0586. The molecule has 5 nitrogen and oxygen atoms in total. The van der Waals surface area contributed by atoms with Gasteiger partial charge in [0.25, 0.3) is 5.91 Å². The molecular formula is C16H17F2N3O2. The number of hydrogen-bond acceptors (Lipinski definition) is 3. The fourth-order valence-electron chi connectivity index (χ4n) is 2.89. The van der Waals surface area contributed by atoms with Crippen LogP contribution in [0.3, 0.4) is 0 Å². The summed E-state index contributed by atoms with van der Waals surface area (Å²) in [5.74, 6) is -1.81. The molecule has 2 heterocycles. The molecule has 0 bridgehead atoms. The zero-order valence-corrected chi connectivity index (χ0v) is 12.8. The number of ether oxygens (including phenoxy) is 1. The Morgan fingerprint density at radius 2 is 1.87 bits per heavy atom. The van der Waals surface area contributed by atoms with Crippen LogP contribution < -0.4 is 0 Å². The molecule has 1 N–H and O–H groups in total. The lowest BCUT2D eigenvalue weighted by Gasteiger charge is -2.35. The molecule has 122 valence electrons. The Hall–Kier alpha value is -2.28. The van der Waals surface area contributed by atoms with E-state index in [0.717, 1.165) is 12.1 Å². The summed E-state index contributed by atoms with van der Waals surface area (Å²) in [6.45, 7) is 4.60. The van der Waals surface area contributed by atoms with E-state index in [9.17, 15) is 13.6 Å². The number of nitrogens with one attached hydrogen (secondary N) is 1. The number of benzene rings is 1. The number of hydrogen-bond donors (Lipinski definition) is 1. The topological polar surface area (TPSA) is 58.2 Å². The van der Waals surface area contributed by atoms with E-state index in [4.69, 9.17) is 4.74 Å². The van der Waals surface area contributed by atoms with Crippen LogP contribution in [0.25, 0.3) is 11.3 Å². The molecule has 1 aromatic carbocycles. The van der Waals surface area contributed by atoms with Crippen molar-refractivity contribution in [1.82, 2.24) is 15.1 Å². The van der Waals surface area contributed by atoms with Gasteiger partial charge in [-0.3, -0.25) is 9.89 Å². The van der Waals surface area contributed by atoms with Crippen molar-refractivity contribution in [3.05, 3.63) is 41.6 Å². The first-order valence-electron chi connectivity index (χ1n) is 7.40. The molecule has 2 aromatic rings. The molecule has 3 rings (SSSR count). The van der Waals surface area contributed by atoms with Crippen molar-refractivity contribution >= 4 is 5.91 Å². The zero-order valence-electron chi connectivity index (χ0n) is 12.8. The molecular weight excluding hydrogens is 304 g/mol. The van der Waals surface area contributed by atoms with E-state index in [0.29, 0.717) is 13.1 Å². The second-order valence-electron chi connectivity index (χ2n) is 5.72. The summed E-state index contributed by atoms with van der Waals surface area (Å²) in [6.07, 6.45) is 1.11. The molecule has 0 spiro atoms. The van der Waals surface area contributed by atoms with Crippen LogP contribution in [0, 0.1) is 11.6 Å². The predicted molar refractivity (Wildman–Crippen MR) is 79.9 cm³/mol. The molecule has 1 fully saturated rings. The molecule has 2 atom stereocenters. The normalized spacial score (nSPS) is 21.5. The zero-order chi connectivity index (χ0) is 16.6. The third-order valence-corrected chi connectivity index (χ3v) is 3.79. The minimum atomic E-state index is -0.744. The van der Waals surface area contributed by atoms with Crippen molar-refractivity contribution < 1.29 is 18.3 Å². The molecule has 23 heavy (non-hydrogen) atoms. The summed E-state index contributed by atoms with van der Waals surface area (Å²) in [5, 5.41) is 6.34. The van der Waals surface area contributed by atoms with Gasteiger partial charge in [0.1, 0.15) is 11.6 Å². The maximum absolute atomic E-state index is 14.0. The molecule has 7 heteroatoms. The number of aromatic nitrogens is 2. The maximum Gasteiger partial charge on any atom is 0.257 e. The van der Waals surface area contributed by atoms with Gasteiger partial charge in [0.05, 0.1) is 35.2 Å². The first-order chi connectivity index (χ1) is 11.0. The SMILES string of the molecule is C[C@H]1CN(C(=O)c2cn[nH]c2-c2c(F)cccc2F)C[C@H](C)O1. The predicted octanol–water partition coefficient (Wildman–Crippen LogP) is 2.60. The summed E-state index contributed by atoms with van der Waals surface area (Å²) in [6, 6.07) is 3.57. The highest BCUT2D eigenvalue weighted by molar-refractivity contribution is 6.00. The van der Waals surface area contributed by atoms with E-state index in [1.807, 2.05) is 13.8 Å². The quantitative estimate of drug-likeness (QED) is 0.925. The van der Waals surface area contributed by atoms with Gasteiger partial charge in [0.15, 0.2) is 0 Å². The monoisotopic (exact) mass is 321 g/mol. The number of halogens is 2. The Labute approximate surface area is 132 Å². The highest BCUT2D eigenvalue weighted by Gasteiger charge is 2.30. The summed E-state index contributed by atoms with van der Waals surface area (Å²) in [7, 11) is 0. The number of H-pyrrole nitrogens is 1. The van der Waals surface area contributed by atoms with E-state index < -0.39 is 11.6 Å². The highest BCUT2D eigenvalue weighted by Crippen LogP contribution is 2.28. The van der Waals surface area contributed by atoms with Crippen molar-refractivity contribution in [2.75, 3.05) is 13.1 Å². The molecule has 0 radical (unpaired) electrons. The molecule has 1 saturated heterocycles. The summed E-state index contributed by atoms with van der Waals surface area (Å²) in [4.78, 5) is 14.4. The number of aromatic amines is 1. The van der Waals surface area contributed by atoms with Gasteiger partial charge in [0.2, 0.25) is 0 Å². The Morgan fingerprint density at radius 1 is 1.26 bits per heavy atom. The number of nitrogens with zero attached hydrogens (tertiary/aromatic N) is 2. The number of amides is 1. The van der Waals surface area contributed by atoms with Crippen LogP contribution >= 0.6 is 0 Å². The van der Waals surface area contributed by atoms with Gasteiger partial charge in [-0.1, -0.05) is 6.07 Å². The molecule has 1 aliphatic heterocycles. The molecule has 0 unspecified atom stereocenters. The molecule has 1 aromatic heterocycles. The van der Waals surface area contributed by atoms with E-state index in [-0.39, 0.29) is 34.9 Å². The van der Waals surface area contributed by atoms with Gasteiger partial charge in [-0.15, -0.1) is 0 Å². The highest BCUT2D eigenvalue weighted by atomic mass is 19.1. The van der Waals surface area contributed by atoms with Crippen molar-refractivity contribution in [3.8, 4) is 11.3 Å². The maximum atomic E-state index is 14.0. The van der Waals surface area contributed by atoms with Crippen LogP contribution in [0.2, 0.25) is 0 Å². The summed E-state index contributed by atoms with van der Waals surface area (Å²) in [5.41, 5.74) is -0.0737. The van der Waals surface area contributed by atoms with Crippen molar-refractivity contribution in [3.63, 3.8) is 0 Å². The number of carbonyl (C=O) groups excluding carboxylic acids is 1. The van der Waals surface area contributed by atoms with Gasteiger partial charge in [-0.25, -0.2) is 8.78 Å². The van der Waals surface area contributed by atoms with Crippen LogP contribution in [0.15, 0.2) is 24.4 Å². The second-order valence-corrected chi connectivity index (χ2v) is 5.72. The molecule has 0 saturated carbocycles. The van der Waals surface area contributed by atoms with Crippen molar-refractivity contribution in [2.24, 2.45) is 0 Å². The Bertz CT molecular complexity index is 702. The van der Waals surface area contributed by atoms with Crippen LogP contribution in [-0.4, -0.2) is 46.3 Å². The summed E-state index contributed by atoms with van der Waals surface area (Å²) < 4.78 is 33.6. The van der Waals surface area contributed by atoms with Crippen molar-refractivity contribution in [2.45, 2.75) is 26.1 Å². The van der Waals surface area contributed by atoms with Crippen LogP contribution in [0.1, 0.15) is 24.2 Å². The van der Waals surface area contributed by atoms with Gasteiger partial charge in [-0.2, -0.15) is 5.10 Å². The molecule has 1 amide bonds. The standard InChI is InChI=1S/C16H17F2N3O2/c1-9-7-21(8-10(2)23-9)16(22)11-6-19-20-15(11)14-12(17)4-3-5-13(14)18/h3-6,9-10H,7-8H2,1-2H3,(H,19,20)/t9-,10-/m0/s1. The molecule has 0 aliphatic carbocycles. The first kappa shape index (κ1) is 15.6. The fourth-order valence-corrected chi connectivity index (χ4v) is 2.89. The minimum Gasteiger partial charge on any atom is -0.372 e. The van der Waals surface area contributed by atoms with Crippen molar-refractivity contribution in [1.29, 1.82) is 0 Å². The number of rotatable bonds is 2. The lowest BCUT2D eigenvalue weighted by Crippen LogP contribution is -2.48. The minimum absolute atomic E-state index is 0.0531. The average molecular weight is 321 g/mol. The fraction of sp³-hybridized carbons (Fsp3) is 0.375. The largest absolute Gasteiger partial charge is 0.372 e. The second kappa shape index (κ2) is 6.08. The van der Waals surface area contributed by atoms with E-state index in [1.165, 1.54) is 12.3 Å². The van der Waals surface area contributed by atoms with E-state index in [1.54, 1.807) is 4.90 Å². The third kappa shape index (κ3) is 2.96. The van der Waals surface area contributed by atoms with Crippen LogP contribution in [0.5, 0.6) is 0 Å². The number of morpholine rings is 1. The third-order valence-electron chi connectivity index (χ3n) is 3.79. The first-order valence-corrected chi connectivity index (χ1v) is 7.40. The van der Waals surface area contributed by atoms with Gasteiger partial charge in [0, 0.05) is 13.1 Å². The Balaban J connectivity index is 1.96. The Morgan fingerprint density at radius 3 is 2.48 bits per heavy atom. The van der Waals surface area contributed by atoms with Gasteiger partial charge < -0.3 is 9.64 Å². The van der Waals surface area contributed by atoms with Crippen LogP contribution in [-0.2, 0) is 4.74 Å². The Kier molecular flexibility index (Phi) is 4.12. The van der Waals surface area contributed by atoms with Gasteiger partial charge in [-0.05, 0) is 26.0 Å². The smallest absolute Gasteiger partial charge is 0.257 e. The summed E-state index contributed by atoms with van der Waals surface area (Å²) >= 11 is 0. The molecule has 1 aliphatic rings. The van der Waals surface area contributed by atoms with E-state index in [2.05, 4.69) is 10.2 Å². The average Bonchev–Trinajstić information content (AvgIpc) is 2.94. The van der Waals surface area contributed by atoms with E-state index >= 15 is 0 Å². The lowest BCUT2D eigenvalue weighted by atomic mass is 10.1.